The summed E-state index contributed by atoms with van der Waals surface area (Å²) < 4.78 is 0.956. The highest BCUT2D eigenvalue weighted by Gasteiger charge is 1.81. The Balaban J connectivity index is 3.60. The van der Waals surface area contributed by atoms with Crippen LogP contribution in [0.5, 0.6) is 0 Å². The highest BCUT2D eigenvalue weighted by Crippen LogP contribution is 1.85. The molecule has 0 saturated carbocycles. The Kier molecular flexibility index (Phi) is 4.39. The third-order valence-corrected chi connectivity index (χ3v) is 1.44. The Hall–Kier alpha value is 0.140. The smallest absolute Gasteiger partial charge is 0.0436 e. The molecule has 0 aromatic heterocycles. The summed E-state index contributed by atoms with van der Waals surface area (Å²) in [5, 5.41) is 0. The first-order valence-corrected chi connectivity index (χ1v) is 3.51. The first-order valence-electron chi connectivity index (χ1n) is 1.99. The molecular weight excluding hydrogens is 201 g/mol. The van der Waals surface area contributed by atoms with Gasteiger partial charge in [-0.2, -0.15) is 0 Å². The third-order valence-electron chi connectivity index (χ3n) is 0.660. The highest BCUT2D eigenvalue weighted by molar-refractivity contribution is 14.1. The molecule has 0 aromatic carbocycles. The maximum absolute atomic E-state index is 3.92. The van der Waals surface area contributed by atoms with E-state index < -0.39 is 0 Å². The van der Waals surface area contributed by atoms with E-state index in [1.807, 2.05) is 0 Å². The molecule has 0 radical (unpaired) electrons. The van der Waals surface area contributed by atoms with E-state index in [-0.39, 0.29) is 0 Å². The second-order valence-corrected chi connectivity index (χ2v) is 1.82. The molecule has 0 N–H and O–H groups in total. The lowest BCUT2D eigenvalue weighted by Gasteiger charge is -1.85. The van der Waals surface area contributed by atoms with Gasteiger partial charge >= 0.3 is 0 Å². The molecule has 0 aliphatic rings. The Morgan fingerprint density at radius 2 is 2.57 bits per heavy atom. The molecule has 0 aliphatic carbocycles. The van der Waals surface area contributed by atoms with Crippen molar-refractivity contribution < 1.29 is 0 Å². The normalized spacial score (nSPS) is 11.4. The zero-order valence-electron chi connectivity index (χ0n) is 4.32. The van der Waals surface area contributed by atoms with Gasteiger partial charge in [-0.15, -0.1) is 0 Å². The SMILES string of the molecule is C=C/C(CI)=N\C. The summed E-state index contributed by atoms with van der Waals surface area (Å²) in [7, 11) is 1.77. The van der Waals surface area contributed by atoms with Gasteiger partial charge in [-0.3, -0.25) is 4.99 Å². The largest absolute Gasteiger partial charge is 0.292 e. The predicted octanol–water partition coefficient (Wildman–Crippen LogP) is 1.68. The lowest BCUT2D eigenvalue weighted by Crippen LogP contribution is -1.90. The summed E-state index contributed by atoms with van der Waals surface area (Å²) in [4.78, 5) is 3.92. The van der Waals surface area contributed by atoms with Gasteiger partial charge in [-0.1, -0.05) is 29.2 Å². The number of rotatable bonds is 2. The Labute approximate surface area is 57.7 Å². The minimum absolute atomic E-state index is 0.956. The standard InChI is InChI=1S/C5H8IN/c1-3-5(4-6)7-2/h3H,1,4H2,2H3/b7-5+. The van der Waals surface area contributed by atoms with Crippen LogP contribution in [0, 0.1) is 0 Å². The van der Waals surface area contributed by atoms with E-state index in [2.05, 4.69) is 34.2 Å². The minimum Gasteiger partial charge on any atom is -0.292 e. The lowest BCUT2D eigenvalue weighted by molar-refractivity contribution is 1.44. The van der Waals surface area contributed by atoms with Crippen molar-refractivity contribution in [2.24, 2.45) is 4.99 Å². The van der Waals surface area contributed by atoms with Crippen molar-refractivity contribution in [3.63, 3.8) is 0 Å². The van der Waals surface area contributed by atoms with Gasteiger partial charge in [0.1, 0.15) is 0 Å². The molecule has 0 atom stereocenters. The quantitative estimate of drug-likeness (QED) is 0.372. The van der Waals surface area contributed by atoms with E-state index in [4.69, 9.17) is 0 Å². The number of hydrogen-bond acceptors (Lipinski definition) is 1. The maximum Gasteiger partial charge on any atom is 0.0436 e. The molecule has 0 heterocycles. The molecule has 1 nitrogen and oxygen atoms in total. The average Bonchev–Trinajstić information content (AvgIpc) is 1.72. The zero-order valence-corrected chi connectivity index (χ0v) is 6.47. The monoisotopic (exact) mass is 209 g/mol. The fourth-order valence-corrected chi connectivity index (χ4v) is 0.858. The molecule has 0 aliphatic heterocycles. The topological polar surface area (TPSA) is 12.4 Å². The minimum atomic E-state index is 0.956. The third kappa shape index (κ3) is 2.79. The lowest BCUT2D eigenvalue weighted by atomic mass is 10.4. The Morgan fingerprint density at radius 1 is 2.00 bits per heavy atom. The molecule has 0 aromatic rings. The zero-order chi connectivity index (χ0) is 5.70. The van der Waals surface area contributed by atoms with Gasteiger partial charge in [0.2, 0.25) is 0 Å². The molecule has 0 spiro atoms. The predicted molar refractivity (Wildman–Crippen MR) is 42.4 cm³/mol. The molecule has 0 bridgehead atoms. The van der Waals surface area contributed by atoms with Crippen LogP contribution >= 0.6 is 22.6 Å². The molecule has 40 valence electrons. The van der Waals surface area contributed by atoms with Crippen molar-refractivity contribution >= 4 is 28.3 Å². The number of nitrogens with zero attached hydrogens (tertiary/aromatic N) is 1. The van der Waals surface area contributed by atoms with Crippen molar-refractivity contribution in [2.75, 3.05) is 11.5 Å². The first-order chi connectivity index (χ1) is 3.35. The van der Waals surface area contributed by atoms with Crippen LogP contribution < -0.4 is 0 Å². The summed E-state index contributed by atoms with van der Waals surface area (Å²) >= 11 is 2.25. The number of aliphatic imine (C=N–C) groups is 1. The van der Waals surface area contributed by atoms with Crippen LogP contribution in [0.2, 0.25) is 0 Å². The highest BCUT2D eigenvalue weighted by atomic mass is 127. The summed E-state index contributed by atoms with van der Waals surface area (Å²) in [6, 6.07) is 0. The number of alkyl halides is 1. The second-order valence-electron chi connectivity index (χ2n) is 1.05. The number of hydrogen-bond donors (Lipinski definition) is 0. The van der Waals surface area contributed by atoms with Crippen LogP contribution in [-0.2, 0) is 0 Å². The molecule has 2 heteroatoms. The van der Waals surface area contributed by atoms with Gasteiger partial charge in [0, 0.05) is 17.2 Å². The van der Waals surface area contributed by atoms with E-state index in [0.717, 1.165) is 10.1 Å². The van der Waals surface area contributed by atoms with Crippen LogP contribution in [0.25, 0.3) is 0 Å². The molecule has 0 fully saturated rings. The maximum atomic E-state index is 3.92. The summed E-state index contributed by atoms with van der Waals surface area (Å²) in [6.07, 6.45) is 1.77. The van der Waals surface area contributed by atoms with Gasteiger partial charge in [0.05, 0.1) is 0 Å². The van der Waals surface area contributed by atoms with Crippen molar-refractivity contribution in [3.8, 4) is 0 Å². The van der Waals surface area contributed by atoms with E-state index >= 15 is 0 Å². The molecule has 0 unspecified atom stereocenters. The number of allylic oxidation sites excluding steroid dienone is 1. The van der Waals surface area contributed by atoms with Gasteiger partial charge in [-0.25, -0.2) is 0 Å². The van der Waals surface area contributed by atoms with E-state index in [1.165, 1.54) is 0 Å². The molecule has 7 heavy (non-hydrogen) atoms. The van der Waals surface area contributed by atoms with Gasteiger partial charge in [0.15, 0.2) is 0 Å². The second kappa shape index (κ2) is 4.30. The fourth-order valence-electron chi connectivity index (χ4n) is 0.206. The number of halogens is 1. The van der Waals surface area contributed by atoms with Crippen LogP contribution in [0.3, 0.4) is 0 Å². The van der Waals surface area contributed by atoms with Crippen LogP contribution in [0.4, 0.5) is 0 Å². The summed E-state index contributed by atoms with van der Waals surface area (Å²) in [5.41, 5.74) is 1.06. The van der Waals surface area contributed by atoms with E-state index in [1.54, 1.807) is 13.1 Å². The van der Waals surface area contributed by atoms with Crippen molar-refractivity contribution in [1.29, 1.82) is 0 Å². The van der Waals surface area contributed by atoms with Crippen molar-refractivity contribution in [2.45, 2.75) is 0 Å². The molecular formula is C5H8IN. The van der Waals surface area contributed by atoms with Crippen molar-refractivity contribution in [1.82, 2.24) is 0 Å². The Morgan fingerprint density at radius 3 is 2.57 bits per heavy atom. The Bertz CT molecular complexity index is 86.1. The average molecular weight is 209 g/mol. The van der Waals surface area contributed by atoms with Crippen molar-refractivity contribution in [3.05, 3.63) is 12.7 Å². The van der Waals surface area contributed by atoms with E-state index in [9.17, 15) is 0 Å². The summed E-state index contributed by atoms with van der Waals surface area (Å²) in [6.45, 7) is 3.57. The van der Waals surface area contributed by atoms with Crippen LogP contribution in [0.1, 0.15) is 0 Å². The van der Waals surface area contributed by atoms with Crippen LogP contribution in [-0.4, -0.2) is 17.2 Å². The van der Waals surface area contributed by atoms with Gasteiger partial charge in [-0.05, 0) is 6.08 Å². The fraction of sp³-hybridized carbons (Fsp3) is 0.400. The molecule has 0 saturated heterocycles. The molecule has 0 rings (SSSR count). The van der Waals surface area contributed by atoms with E-state index in [0.29, 0.717) is 0 Å². The molecule has 0 amide bonds. The summed E-state index contributed by atoms with van der Waals surface area (Å²) in [5.74, 6) is 0. The van der Waals surface area contributed by atoms with Crippen LogP contribution in [0.15, 0.2) is 17.6 Å². The van der Waals surface area contributed by atoms with Gasteiger partial charge in [0.25, 0.3) is 0 Å². The van der Waals surface area contributed by atoms with Gasteiger partial charge < -0.3 is 0 Å². The first kappa shape index (κ1) is 7.14.